The maximum atomic E-state index is 10.8. The average molecular weight is 223 g/mol. The summed E-state index contributed by atoms with van der Waals surface area (Å²) >= 11 is 0. The SMILES string of the molecule is O=C1CCC(OPOc2ccccc2)=N1. The van der Waals surface area contributed by atoms with Crippen LogP contribution in [0.5, 0.6) is 5.75 Å². The van der Waals surface area contributed by atoms with Gasteiger partial charge in [0.15, 0.2) is 5.90 Å². The molecular formula is C10H10NO3P. The fourth-order valence-electron chi connectivity index (χ4n) is 1.14. The lowest BCUT2D eigenvalue weighted by atomic mass is 10.3. The van der Waals surface area contributed by atoms with E-state index in [9.17, 15) is 4.79 Å². The molecule has 1 aromatic rings. The average Bonchev–Trinajstić information content (AvgIpc) is 2.66. The lowest BCUT2D eigenvalue weighted by molar-refractivity contribution is -0.117. The van der Waals surface area contributed by atoms with Crippen molar-refractivity contribution in [2.45, 2.75) is 12.8 Å². The monoisotopic (exact) mass is 223 g/mol. The van der Waals surface area contributed by atoms with E-state index in [0.29, 0.717) is 18.7 Å². The largest absolute Gasteiger partial charge is 0.441 e. The number of nitrogens with zero attached hydrogens (tertiary/aromatic N) is 1. The minimum absolute atomic E-state index is 0.116. The maximum absolute atomic E-state index is 10.8. The van der Waals surface area contributed by atoms with Crippen LogP contribution in [-0.2, 0) is 9.32 Å². The highest BCUT2D eigenvalue weighted by Crippen LogP contribution is 2.23. The predicted molar refractivity (Wildman–Crippen MR) is 58.1 cm³/mol. The first-order valence-electron chi connectivity index (χ1n) is 4.59. The summed E-state index contributed by atoms with van der Waals surface area (Å²) in [6.45, 7) is 0. The van der Waals surface area contributed by atoms with Gasteiger partial charge in [0.2, 0.25) is 5.91 Å². The third kappa shape index (κ3) is 3.03. The molecule has 0 saturated heterocycles. The number of carbonyl (C=O) groups is 1. The number of amides is 1. The Labute approximate surface area is 89.3 Å². The minimum atomic E-state index is -0.150. The van der Waals surface area contributed by atoms with E-state index in [0.717, 1.165) is 5.75 Å². The highest BCUT2D eigenvalue weighted by atomic mass is 31.1. The van der Waals surface area contributed by atoms with Crippen LogP contribution >= 0.6 is 9.03 Å². The molecule has 0 fully saturated rings. The second-order valence-corrected chi connectivity index (χ2v) is 3.57. The number of rotatable bonds is 3. The van der Waals surface area contributed by atoms with Crippen LogP contribution in [0.4, 0.5) is 0 Å². The molecule has 78 valence electrons. The molecule has 1 atom stereocenters. The van der Waals surface area contributed by atoms with E-state index in [2.05, 4.69) is 4.99 Å². The van der Waals surface area contributed by atoms with Gasteiger partial charge in [-0.2, -0.15) is 4.99 Å². The van der Waals surface area contributed by atoms with Crippen LogP contribution in [0.2, 0.25) is 0 Å². The van der Waals surface area contributed by atoms with Gasteiger partial charge in [0.25, 0.3) is 9.03 Å². The van der Waals surface area contributed by atoms with E-state index >= 15 is 0 Å². The van der Waals surface area contributed by atoms with Gasteiger partial charge in [-0.1, -0.05) is 18.2 Å². The van der Waals surface area contributed by atoms with Crippen molar-refractivity contribution in [1.82, 2.24) is 0 Å². The Morgan fingerprint density at radius 2 is 1.93 bits per heavy atom. The summed E-state index contributed by atoms with van der Waals surface area (Å²) in [6, 6.07) is 9.37. The number of hydrogen-bond acceptors (Lipinski definition) is 3. The molecule has 4 nitrogen and oxygen atoms in total. The molecule has 0 aromatic heterocycles. The topological polar surface area (TPSA) is 47.9 Å². The van der Waals surface area contributed by atoms with E-state index < -0.39 is 0 Å². The van der Waals surface area contributed by atoms with Crippen LogP contribution in [0.3, 0.4) is 0 Å². The van der Waals surface area contributed by atoms with Crippen molar-refractivity contribution in [2.75, 3.05) is 0 Å². The number of hydrogen-bond donors (Lipinski definition) is 0. The third-order valence-corrected chi connectivity index (χ3v) is 2.50. The van der Waals surface area contributed by atoms with Gasteiger partial charge in [-0.15, -0.1) is 0 Å². The summed E-state index contributed by atoms with van der Waals surface area (Å²) in [6.07, 6.45) is 1.04. The van der Waals surface area contributed by atoms with Crippen LogP contribution < -0.4 is 4.52 Å². The first-order chi connectivity index (χ1) is 7.34. The summed E-state index contributed by atoms with van der Waals surface area (Å²) in [7, 11) is -0.150. The number of carbonyl (C=O) groups excluding carboxylic acids is 1. The van der Waals surface area contributed by atoms with Gasteiger partial charge in [0.05, 0.1) is 0 Å². The van der Waals surface area contributed by atoms with E-state index in [1.165, 1.54) is 0 Å². The highest BCUT2D eigenvalue weighted by Gasteiger charge is 2.15. The zero-order valence-electron chi connectivity index (χ0n) is 7.97. The molecule has 2 rings (SSSR count). The molecule has 1 aliphatic rings. The van der Waals surface area contributed by atoms with Gasteiger partial charge >= 0.3 is 0 Å². The second kappa shape index (κ2) is 4.89. The van der Waals surface area contributed by atoms with Crippen molar-refractivity contribution in [3.63, 3.8) is 0 Å². The standard InChI is InChI=1S/C10H10NO3P/c12-9-6-7-10(11-9)14-15-13-8-4-2-1-3-5-8/h1-5,15H,6-7H2. The van der Waals surface area contributed by atoms with Crippen LogP contribution in [0.15, 0.2) is 35.3 Å². The molecular weight excluding hydrogens is 213 g/mol. The maximum Gasteiger partial charge on any atom is 0.276 e. The van der Waals surface area contributed by atoms with Crippen LogP contribution in [0.25, 0.3) is 0 Å². The van der Waals surface area contributed by atoms with E-state index in [1.54, 1.807) is 0 Å². The van der Waals surface area contributed by atoms with Crippen molar-refractivity contribution in [2.24, 2.45) is 4.99 Å². The normalized spacial score (nSPS) is 15.7. The Kier molecular flexibility index (Phi) is 3.30. The van der Waals surface area contributed by atoms with E-state index in [1.807, 2.05) is 30.3 Å². The van der Waals surface area contributed by atoms with Crippen LogP contribution in [-0.4, -0.2) is 11.8 Å². The molecule has 5 heteroatoms. The Balaban J connectivity index is 1.76. The number of benzene rings is 1. The summed E-state index contributed by atoms with van der Waals surface area (Å²) in [5.74, 6) is 1.12. The Morgan fingerprint density at radius 3 is 2.60 bits per heavy atom. The summed E-state index contributed by atoms with van der Waals surface area (Å²) in [5, 5.41) is 0. The first-order valence-corrected chi connectivity index (χ1v) is 5.40. The molecule has 0 N–H and O–H groups in total. The van der Waals surface area contributed by atoms with Gasteiger partial charge in [-0.3, -0.25) is 4.79 Å². The predicted octanol–water partition coefficient (Wildman–Crippen LogP) is 2.31. The van der Waals surface area contributed by atoms with Gasteiger partial charge in [-0.05, 0) is 12.1 Å². The van der Waals surface area contributed by atoms with Crippen LogP contribution in [0, 0.1) is 0 Å². The van der Waals surface area contributed by atoms with Crippen molar-refractivity contribution >= 4 is 20.8 Å². The minimum Gasteiger partial charge on any atom is -0.441 e. The molecule has 0 radical (unpaired) electrons. The van der Waals surface area contributed by atoms with Crippen molar-refractivity contribution < 1.29 is 13.8 Å². The Bertz CT molecular complexity index is 378. The van der Waals surface area contributed by atoms with Gasteiger partial charge < -0.3 is 9.05 Å². The van der Waals surface area contributed by atoms with E-state index in [4.69, 9.17) is 9.05 Å². The Morgan fingerprint density at radius 1 is 1.13 bits per heavy atom. The molecule has 0 saturated carbocycles. The van der Waals surface area contributed by atoms with Gasteiger partial charge in [0, 0.05) is 12.8 Å². The molecule has 1 aromatic carbocycles. The van der Waals surface area contributed by atoms with Gasteiger partial charge in [-0.25, -0.2) is 0 Å². The zero-order chi connectivity index (χ0) is 10.5. The number of para-hydroxylation sites is 1. The smallest absolute Gasteiger partial charge is 0.276 e. The third-order valence-electron chi connectivity index (χ3n) is 1.86. The Hall–Kier alpha value is -1.41. The molecule has 15 heavy (non-hydrogen) atoms. The van der Waals surface area contributed by atoms with Crippen molar-refractivity contribution in [3.05, 3.63) is 30.3 Å². The van der Waals surface area contributed by atoms with Crippen molar-refractivity contribution in [1.29, 1.82) is 0 Å². The summed E-state index contributed by atoms with van der Waals surface area (Å²) in [4.78, 5) is 14.5. The number of aliphatic imine (C=N–C) groups is 1. The highest BCUT2D eigenvalue weighted by molar-refractivity contribution is 7.27. The fourth-order valence-corrected chi connectivity index (χ4v) is 1.66. The molecule has 0 spiro atoms. The molecule has 1 aliphatic heterocycles. The van der Waals surface area contributed by atoms with E-state index in [-0.39, 0.29) is 14.9 Å². The quantitative estimate of drug-likeness (QED) is 0.738. The van der Waals surface area contributed by atoms with Gasteiger partial charge in [0.1, 0.15) is 5.75 Å². The molecule has 0 aliphatic carbocycles. The van der Waals surface area contributed by atoms with Crippen LogP contribution in [0.1, 0.15) is 12.8 Å². The molecule has 1 heterocycles. The first kappa shape index (κ1) is 10.1. The lowest BCUT2D eigenvalue weighted by Crippen LogP contribution is -1.93. The fraction of sp³-hybridized carbons (Fsp3) is 0.200. The summed E-state index contributed by atoms with van der Waals surface area (Å²) in [5.41, 5.74) is 0. The summed E-state index contributed by atoms with van der Waals surface area (Å²) < 4.78 is 10.5. The van der Waals surface area contributed by atoms with Crippen molar-refractivity contribution in [3.8, 4) is 5.75 Å². The second-order valence-electron chi connectivity index (χ2n) is 3.00. The molecule has 0 bridgehead atoms. The molecule has 1 unspecified atom stereocenters. The molecule has 1 amide bonds. The zero-order valence-corrected chi connectivity index (χ0v) is 8.97. The lowest BCUT2D eigenvalue weighted by Gasteiger charge is -2.05.